The fourth-order valence-corrected chi connectivity index (χ4v) is 1.74. The third kappa shape index (κ3) is 4.49. The number of carbonyl (C=O) groups is 1. The van der Waals surface area contributed by atoms with Gasteiger partial charge in [0.1, 0.15) is 0 Å². The first kappa shape index (κ1) is 14.7. The molecule has 98 valence electrons. The van der Waals surface area contributed by atoms with Crippen molar-refractivity contribution >= 4 is 17.6 Å². The van der Waals surface area contributed by atoms with Crippen molar-refractivity contribution in [3.8, 4) is 0 Å². The molecule has 0 amide bonds. The fraction of sp³-hybridized carbons (Fsp3) is 0.308. The van der Waals surface area contributed by atoms with Gasteiger partial charge in [-0.05, 0) is 17.7 Å². The van der Waals surface area contributed by atoms with Crippen LogP contribution >= 0.6 is 11.6 Å². The Hall–Kier alpha value is -1.36. The highest BCUT2D eigenvalue weighted by Gasteiger charge is 2.22. The summed E-state index contributed by atoms with van der Waals surface area (Å²) in [4.78, 5) is 10.8. The lowest BCUT2D eigenvalue weighted by molar-refractivity contribution is -0.138. The lowest BCUT2D eigenvalue weighted by Crippen LogP contribution is -2.37. The van der Waals surface area contributed by atoms with E-state index >= 15 is 0 Å². The molecule has 0 spiro atoms. The molecule has 2 unspecified atom stereocenters. The summed E-state index contributed by atoms with van der Waals surface area (Å²) in [7, 11) is 0. The number of hydrogen-bond acceptors (Lipinski definition) is 3. The molecule has 18 heavy (non-hydrogen) atoms. The normalized spacial score (nSPS) is 13.9. The summed E-state index contributed by atoms with van der Waals surface area (Å²) >= 11 is 5.76. The largest absolute Gasteiger partial charge is 0.481 e. The van der Waals surface area contributed by atoms with E-state index in [9.17, 15) is 9.90 Å². The minimum absolute atomic E-state index is 0.169. The highest BCUT2D eigenvalue weighted by molar-refractivity contribution is 6.30. The zero-order valence-corrected chi connectivity index (χ0v) is 10.6. The third-order valence-corrected chi connectivity index (χ3v) is 2.76. The van der Waals surface area contributed by atoms with Crippen molar-refractivity contribution < 1.29 is 15.0 Å². The van der Waals surface area contributed by atoms with Crippen LogP contribution in [0.5, 0.6) is 0 Å². The summed E-state index contributed by atoms with van der Waals surface area (Å²) < 4.78 is 0. The van der Waals surface area contributed by atoms with Crippen LogP contribution in [-0.4, -0.2) is 28.8 Å². The van der Waals surface area contributed by atoms with Crippen LogP contribution in [0, 0.1) is 0 Å². The minimum Gasteiger partial charge on any atom is -0.481 e. The molecule has 1 rings (SSSR count). The van der Waals surface area contributed by atoms with E-state index in [1.165, 1.54) is 0 Å². The van der Waals surface area contributed by atoms with Crippen LogP contribution < -0.4 is 5.32 Å². The van der Waals surface area contributed by atoms with Crippen molar-refractivity contribution in [1.29, 1.82) is 0 Å². The molecule has 0 aliphatic rings. The van der Waals surface area contributed by atoms with Gasteiger partial charge in [-0.15, -0.1) is 6.58 Å². The van der Waals surface area contributed by atoms with E-state index in [0.29, 0.717) is 17.1 Å². The van der Waals surface area contributed by atoms with Crippen molar-refractivity contribution in [3.63, 3.8) is 0 Å². The monoisotopic (exact) mass is 269 g/mol. The van der Waals surface area contributed by atoms with E-state index in [4.69, 9.17) is 16.7 Å². The predicted octanol–water partition coefficient (Wildman–Crippen LogP) is 1.99. The number of aliphatic carboxylic acids is 1. The minimum atomic E-state index is -0.968. The highest BCUT2D eigenvalue weighted by atomic mass is 35.5. The number of carboxylic acid groups (broad SMARTS) is 1. The molecule has 0 aliphatic heterocycles. The fourth-order valence-electron chi connectivity index (χ4n) is 1.61. The summed E-state index contributed by atoms with van der Waals surface area (Å²) in [6, 6.07) is 6.10. The standard InChI is InChI=1S/C13H16ClNO3/c1-2-7-15-11(8-12(16)17)13(18)9-3-5-10(14)6-4-9/h2-6,11,13,15,18H,1,7-8H2,(H,16,17). The number of aliphatic hydroxyl groups excluding tert-OH is 1. The first-order valence-corrected chi connectivity index (χ1v) is 5.92. The van der Waals surface area contributed by atoms with Gasteiger partial charge in [-0.3, -0.25) is 4.79 Å². The molecule has 0 bridgehead atoms. The Labute approximate surface area is 111 Å². The number of rotatable bonds is 7. The molecule has 2 atom stereocenters. The topological polar surface area (TPSA) is 69.6 Å². The zero-order chi connectivity index (χ0) is 13.5. The first-order valence-electron chi connectivity index (χ1n) is 5.54. The molecule has 1 aromatic carbocycles. The molecule has 0 heterocycles. The van der Waals surface area contributed by atoms with Gasteiger partial charge in [-0.2, -0.15) is 0 Å². The van der Waals surface area contributed by atoms with Crippen molar-refractivity contribution in [2.45, 2.75) is 18.6 Å². The third-order valence-electron chi connectivity index (χ3n) is 2.51. The molecule has 5 heteroatoms. The van der Waals surface area contributed by atoms with Crippen LogP contribution in [0.15, 0.2) is 36.9 Å². The lowest BCUT2D eigenvalue weighted by Gasteiger charge is -2.22. The van der Waals surface area contributed by atoms with Crippen molar-refractivity contribution in [1.82, 2.24) is 5.32 Å². The highest BCUT2D eigenvalue weighted by Crippen LogP contribution is 2.21. The quantitative estimate of drug-likeness (QED) is 0.662. The van der Waals surface area contributed by atoms with Crippen LogP contribution in [0.2, 0.25) is 5.02 Å². The molecule has 3 N–H and O–H groups in total. The Morgan fingerprint density at radius 2 is 2.06 bits per heavy atom. The maximum Gasteiger partial charge on any atom is 0.305 e. The summed E-state index contributed by atoms with van der Waals surface area (Å²) in [6.07, 6.45) is 0.541. The van der Waals surface area contributed by atoms with Gasteiger partial charge in [0, 0.05) is 17.6 Å². The Morgan fingerprint density at radius 3 is 2.56 bits per heavy atom. The Balaban J connectivity index is 2.79. The van der Waals surface area contributed by atoms with Crippen molar-refractivity contribution in [2.24, 2.45) is 0 Å². The molecule has 0 fully saturated rings. The molecule has 0 aromatic heterocycles. The second-order valence-electron chi connectivity index (χ2n) is 3.90. The summed E-state index contributed by atoms with van der Waals surface area (Å²) in [5.74, 6) is -0.968. The Morgan fingerprint density at radius 1 is 1.44 bits per heavy atom. The molecule has 4 nitrogen and oxygen atoms in total. The average Bonchev–Trinajstić information content (AvgIpc) is 2.34. The lowest BCUT2D eigenvalue weighted by atomic mass is 10.00. The van der Waals surface area contributed by atoms with Gasteiger partial charge < -0.3 is 15.5 Å². The van der Waals surface area contributed by atoms with E-state index in [-0.39, 0.29) is 6.42 Å². The van der Waals surface area contributed by atoms with Crippen LogP contribution in [0.4, 0.5) is 0 Å². The molecule has 0 aliphatic carbocycles. The molecule has 0 radical (unpaired) electrons. The van der Waals surface area contributed by atoms with E-state index in [1.54, 1.807) is 30.3 Å². The second-order valence-corrected chi connectivity index (χ2v) is 4.33. The van der Waals surface area contributed by atoms with E-state index < -0.39 is 18.1 Å². The average molecular weight is 270 g/mol. The van der Waals surface area contributed by atoms with Gasteiger partial charge >= 0.3 is 5.97 Å². The number of carboxylic acids is 1. The van der Waals surface area contributed by atoms with Crippen molar-refractivity contribution in [3.05, 3.63) is 47.5 Å². The molecular formula is C13H16ClNO3. The predicted molar refractivity (Wildman–Crippen MR) is 70.7 cm³/mol. The first-order chi connectivity index (χ1) is 8.54. The van der Waals surface area contributed by atoms with E-state index in [0.717, 1.165) is 0 Å². The van der Waals surface area contributed by atoms with E-state index in [1.807, 2.05) is 0 Å². The summed E-state index contributed by atoms with van der Waals surface area (Å²) in [5, 5.41) is 22.5. The van der Waals surface area contributed by atoms with Crippen LogP contribution in [0.25, 0.3) is 0 Å². The summed E-state index contributed by atoms with van der Waals surface area (Å²) in [6.45, 7) is 3.98. The molecule has 0 saturated carbocycles. The second kappa shape index (κ2) is 7.16. The number of benzene rings is 1. The Kier molecular flexibility index (Phi) is 5.85. The van der Waals surface area contributed by atoms with Gasteiger partial charge in [0.25, 0.3) is 0 Å². The van der Waals surface area contributed by atoms with Crippen molar-refractivity contribution in [2.75, 3.05) is 6.54 Å². The van der Waals surface area contributed by atoms with Gasteiger partial charge in [-0.1, -0.05) is 29.8 Å². The number of hydrogen-bond donors (Lipinski definition) is 3. The van der Waals surface area contributed by atoms with E-state index in [2.05, 4.69) is 11.9 Å². The van der Waals surface area contributed by atoms with Gasteiger partial charge in [0.15, 0.2) is 0 Å². The van der Waals surface area contributed by atoms with Gasteiger partial charge in [0.2, 0.25) is 0 Å². The number of nitrogens with one attached hydrogen (secondary N) is 1. The Bertz CT molecular complexity index is 405. The molecule has 1 aromatic rings. The number of aliphatic hydroxyl groups is 1. The summed E-state index contributed by atoms with van der Waals surface area (Å²) in [5.41, 5.74) is 0.627. The SMILES string of the molecule is C=CCNC(CC(=O)O)C(O)c1ccc(Cl)cc1. The van der Waals surface area contributed by atoms with Gasteiger partial charge in [-0.25, -0.2) is 0 Å². The molecule has 0 saturated heterocycles. The van der Waals surface area contributed by atoms with Crippen LogP contribution in [0.3, 0.4) is 0 Å². The maximum atomic E-state index is 10.8. The zero-order valence-electron chi connectivity index (χ0n) is 9.84. The van der Waals surface area contributed by atoms with Crippen LogP contribution in [0.1, 0.15) is 18.1 Å². The maximum absolute atomic E-state index is 10.8. The number of halogens is 1. The van der Waals surface area contributed by atoms with Gasteiger partial charge in [0.05, 0.1) is 12.5 Å². The molecular weight excluding hydrogens is 254 g/mol. The van der Waals surface area contributed by atoms with Crippen LogP contribution in [-0.2, 0) is 4.79 Å². The smallest absolute Gasteiger partial charge is 0.305 e.